The number of hydrogen-bond acceptors (Lipinski definition) is 5. The molecule has 25 heavy (non-hydrogen) atoms. The van der Waals surface area contributed by atoms with Crippen molar-refractivity contribution >= 4 is 51.3 Å². The molecule has 1 aliphatic rings. The first-order valence-corrected chi connectivity index (χ1v) is 10.8. The molecule has 1 unspecified atom stereocenters. The van der Waals surface area contributed by atoms with Gasteiger partial charge in [-0.15, -0.1) is 35.3 Å². The van der Waals surface area contributed by atoms with E-state index in [9.17, 15) is 8.42 Å². The van der Waals surface area contributed by atoms with Crippen LogP contribution in [0.2, 0.25) is 0 Å². The summed E-state index contributed by atoms with van der Waals surface area (Å²) in [5.74, 6) is 1.07. The monoisotopic (exact) mass is 501 g/mol. The zero-order valence-electron chi connectivity index (χ0n) is 15.2. The van der Waals surface area contributed by atoms with E-state index >= 15 is 0 Å². The Bertz CT molecular complexity index is 671. The van der Waals surface area contributed by atoms with Gasteiger partial charge < -0.3 is 10.6 Å². The number of thiazole rings is 1. The molecular weight excluding hydrogens is 473 g/mol. The van der Waals surface area contributed by atoms with Gasteiger partial charge in [-0.05, 0) is 26.2 Å². The quantitative estimate of drug-likeness (QED) is 0.350. The van der Waals surface area contributed by atoms with Gasteiger partial charge in [0.15, 0.2) is 5.96 Å². The summed E-state index contributed by atoms with van der Waals surface area (Å²) in [4.78, 5) is 10.0. The highest BCUT2D eigenvalue weighted by Crippen LogP contribution is 2.18. The highest BCUT2D eigenvalue weighted by Gasteiger charge is 2.28. The van der Waals surface area contributed by atoms with Gasteiger partial charge >= 0.3 is 0 Å². The molecule has 0 bridgehead atoms. The average molecular weight is 501 g/mol. The molecule has 0 aliphatic carbocycles. The number of aromatic nitrogens is 1. The molecule has 10 heteroatoms. The molecule has 2 rings (SSSR count). The number of aliphatic imine (C=N–C) groups is 1. The molecule has 0 saturated carbocycles. The van der Waals surface area contributed by atoms with E-state index < -0.39 is 10.0 Å². The van der Waals surface area contributed by atoms with Crippen LogP contribution in [0.15, 0.2) is 4.99 Å². The molecule has 1 atom stereocenters. The maximum atomic E-state index is 11.5. The Kier molecular flexibility index (Phi) is 9.05. The molecule has 0 spiro atoms. The molecule has 1 saturated heterocycles. The molecule has 2 heterocycles. The molecule has 1 aromatic heterocycles. The number of aryl methyl sites for hydroxylation is 2. The van der Waals surface area contributed by atoms with Crippen molar-refractivity contribution in [3.63, 3.8) is 0 Å². The van der Waals surface area contributed by atoms with Gasteiger partial charge in [-0.1, -0.05) is 0 Å². The lowest BCUT2D eigenvalue weighted by Crippen LogP contribution is -2.41. The number of nitrogens with zero attached hydrogens (tertiary/aromatic N) is 3. The number of guanidine groups is 1. The lowest BCUT2D eigenvalue weighted by Gasteiger charge is -2.16. The lowest BCUT2D eigenvalue weighted by molar-refractivity contribution is 0.459. The van der Waals surface area contributed by atoms with E-state index in [1.807, 2.05) is 6.92 Å². The Labute approximate surface area is 171 Å². The van der Waals surface area contributed by atoms with Gasteiger partial charge in [0.05, 0.1) is 17.0 Å². The summed E-state index contributed by atoms with van der Waals surface area (Å²) in [5.41, 5.74) is 1.11. The van der Waals surface area contributed by atoms with Crippen LogP contribution in [-0.2, 0) is 16.4 Å². The number of nitrogens with one attached hydrogen (secondary N) is 2. The smallest absolute Gasteiger partial charge is 0.211 e. The molecule has 7 nitrogen and oxygen atoms in total. The second-order valence-electron chi connectivity index (χ2n) is 6.15. The van der Waals surface area contributed by atoms with Crippen molar-refractivity contribution in [2.45, 2.75) is 26.7 Å². The van der Waals surface area contributed by atoms with Crippen molar-refractivity contribution in [2.24, 2.45) is 10.9 Å². The van der Waals surface area contributed by atoms with E-state index in [0.717, 1.165) is 42.6 Å². The third kappa shape index (κ3) is 6.99. The maximum absolute atomic E-state index is 11.5. The van der Waals surface area contributed by atoms with Gasteiger partial charge in [0.25, 0.3) is 0 Å². The first-order valence-electron chi connectivity index (χ1n) is 8.12. The van der Waals surface area contributed by atoms with Crippen LogP contribution >= 0.6 is 35.3 Å². The van der Waals surface area contributed by atoms with Crippen LogP contribution in [0.3, 0.4) is 0 Å². The fourth-order valence-electron chi connectivity index (χ4n) is 2.66. The number of halogens is 1. The Morgan fingerprint density at radius 2 is 2.12 bits per heavy atom. The van der Waals surface area contributed by atoms with Crippen LogP contribution in [0, 0.1) is 19.8 Å². The van der Waals surface area contributed by atoms with Crippen LogP contribution in [0.1, 0.15) is 22.0 Å². The predicted molar refractivity (Wildman–Crippen MR) is 115 cm³/mol. The lowest BCUT2D eigenvalue weighted by atomic mass is 10.1. The third-order valence-corrected chi connectivity index (χ3v) is 6.61. The zero-order chi connectivity index (χ0) is 17.7. The van der Waals surface area contributed by atoms with E-state index in [1.54, 1.807) is 22.7 Å². The fraction of sp³-hybridized carbons (Fsp3) is 0.733. The minimum atomic E-state index is -3.07. The Morgan fingerprint density at radius 1 is 1.40 bits per heavy atom. The Morgan fingerprint density at radius 3 is 2.64 bits per heavy atom. The first kappa shape index (κ1) is 22.6. The molecule has 0 aromatic carbocycles. The molecule has 1 fully saturated rings. The van der Waals surface area contributed by atoms with Crippen molar-refractivity contribution in [1.82, 2.24) is 19.9 Å². The second-order valence-corrected chi connectivity index (χ2v) is 9.42. The third-order valence-electron chi connectivity index (χ3n) is 4.20. The number of rotatable bonds is 6. The molecule has 2 N–H and O–H groups in total. The normalized spacial score (nSPS) is 18.9. The number of sulfonamides is 1. The molecule has 0 radical (unpaired) electrons. The van der Waals surface area contributed by atoms with Crippen LogP contribution in [0.25, 0.3) is 0 Å². The summed E-state index contributed by atoms with van der Waals surface area (Å²) in [6, 6.07) is 0. The molecule has 1 aliphatic heterocycles. The fourth-order valence-corrected chi connectivity index (χ4v) is 4.51. The van der Waals surface area contributed by atoms with E-state index in [-0.39, 0.29) is 24.0 Å². The van der Waals surface area contributed by atoms with E-state index in [1.165, 1.54) is 11.1 Å². The van der Waals surface area contributed by atoms with Crippen molar-refractivity contribution in [3.05, 3.63) is 15.6 Å². The summed E-state index contributed by atoms with van der Waals surface area (Å²) in [5, 5.41) is 7.70. The predicted octanol–water partition coefficient (Wildman–Crippen LogP) is 1.37. The Balaban J connectivity index is 0.00000312. The van der Waals surface area contributed by atoms with Crippen LogP contribution in [-0.4, -0.2) is 63.1 Å². The molecule has 0 amide bonds. The van der Waals surface area contributed by atoms with Crippen LogP contribution in [0.5, 0.6) is 0 Å². The van der Waals surface area contributed by atoms with Gasteiger partial charge in [-0.2, -0.15) is 0 Å². The first-order chi connectivity index (χ1) is 11.3. The Hall–Kier alpha value is -0.460. The molecule has 1 aromatic rings. The van der Waals surface area contributed by atoms with Gasteiger partial charge in [0.1, 0.15) is 0 Å². The van der Waals surface area contributed by atoms with Crippen molar-refractivity contribution in [1.29, 1.82) is 0 Å². The second kappa shape index (κ2) is 10.0. The number of hydrogen-bond donors (Lipinski definition) is 2. The summed E-state index contributed by atoms with van der Waals surface area (Å²) in [6.07, 6.45) is 3.02. The zero-order valence-corrected chi connectivity index (χ0v) is 19.2. The molecule has 144 valence electrons. The van der Waals surface area contributed by atoms with Gasteiger partial charge in [-0.3, -0.25) is 4.99 Å². The SMILES string of the molecule is CN=C(NCCc1nc(C)c(C)s1)NCC1CCN(S(C)(=O)=O)C1.I. The maximum Gasteiger partial charge on any atom is 0.211 e. The van der Waals surface area contributed by atoms with Crippen LogP contribution < -0.4 is 10.6 Å². The highest BCUT2D eigenvalue weighted by atomic mass is 127. The average Bonchev–Trinajstić information content (AvgIpc) is 3.10. The van der Waals surface area contributed by atoms with Gasteiger partial charge in [-0.25, -0.2) is 17.7 Å². The largest absolute Gasteiger partial charge is 0.356 e. The van der Waals surface area contributed by atoms with Gasteiger partial charge in [0, 0.05) is 44.5 Å². The van der Waals surface area contributed by atoms with Crippen molar-refractivity contribution in [3.8, 4) is 0 Å². The summed E-state index contributed by atoms with van der Waals surface area (Å²) < 4.78 is 24.6. The highest BCUT2D eigenvalue weighted by molar-refractivity contribution is 14.0. The van der Waals surface area contributed by atoms with E-state index in [2.05, 4.69) is 27.5 Å². The molecular formula is C15H28IN5O2S2. The summed E-state index contributed by atoms with van der Waals surface area (Å²) in [7, 11) is -1.33. The van der Waals surface area contributed by atoms with E-state index in [4.69, 9.17) is 0 Å². The van der Waals surface area contributed by atoms with Gasteiger partial charge in [0.2, 0.25) is 10.0 Å². The summed E-state index contributed by atoms with van der Waals surface area (Å²) >= 11 is 1.74. The minimum absolute atomic E-state index is 0. The topological polar surface area (TPSA) is 86.7 Å². The summed E-state index contributed by atoms with van der Waals surface area (Å²) in [6.45, 7) is 6.81. The van der Waals surface area contributed by atoms with E-state index in [0.29, 0.717) is 19.0 Å². The minimum Gasteiger partial charge on any atom is -0.356 e. The standard InChI is InChI=1S/C15H27N5O2S2.HI/c1-11-12(2)23-14(19-11)5-7-17-15(16-3)18-9-13-6-8-20(10-13)24(4,21)22;/h13H,5-10H2,1-4H3,(H2,16,17,18);1H. The van der Waals surface area contributed by atoms with Crippen LogP contribution in [0.4, 0.5) is 0 Å². The van der Waals surface area contributed by atoms with Crippen molar-refractivity contribution in [2.75, 3.05) is 39.5 Å². The van der Waals surface area contributed by atoms with Crippen molar-refractivity contribution < 1.29 is 8.42 Å².